The summed E-state index contributed by atoms with van der Waals surface area (Å²) in [6.07, 6.45) is 0. The van der Waals surface area contributed by atoms with Crippen LogP contribution in [0.15, 0.2) is 72.8 Å². The molecule has 2 rings (SSSR count). The molecular formula is C12H13Na. The van der Waals surface area contributed by atoms with Crippen LogP contribution in [0.2, 0.25) is 0 Å². The standard InChI is InChI=1S/2C6H6.Na.H/c2*1-2-4-6-5-3-1;;/h2*1-6H;;/q;;+1;-1. The first-order chi connectivity index (χ1) is 6.00. The molecule has 1 heteroatoms. The summed E-state index contributed by atoms with van der Waals surface area (Å²) in [5.74, 6) is 0. The summed E-state index contributed by atoms with van der Waals surface area (Å²) in [4.78, 5) is 0. The van der Waals surface area contributed by atoms with Crippen molar-refractivity contribution in [2.45, 2.75) is 0 Å². The molecule has 0 bridgehead atoms. The maximum absolute atomic E-state index is 2.00. The second-order valence-corrected chi connectivity index (χ2v) is 2.31. The fraction of sp³-hybridized carbons (Fsp3) is 0. The van der Waals surface area contributed by atoms with Crippen molar-refractivity contribution in [3.8, 4) is 0 Å². The van der Waals surface area contributed by atoms with Crippen LogP contribution in [-0.4, -0.2) is 0 Å². The average Bonchev–Trinajstić information content (AvgIpc) is 2.24. The molecule has 62 valence electrons. The van der Waals surface area contributed by atoms with E-state index in [1.54, 1.807) is 0 Å². The van der Waals surface area contributed by atoms with E-state index in [1.807, 2.05) is 72.8 Å². The smallest absolute Gasteiger partial charge is 1.00 e. The third-order valence-corrected chi connectivity index (χ3v) is 1.33. The summed E-state index contributed by atoms with van der Waals surface area (Å²) >= 11 is 0. The Morgan fingerprint density at radius 2 is 0.385 bits per heavy atom. The van der Waals surface area contributed by atoms with Gasteiger partial charge in [0.2, 0.25) is 0 Å². The minimum absolute atomic E-state index is 0. The number of hydrogen-bond donors (Lipinski definition) is 0. The minimum atomic E-state index is 0. The Morgan fingerprint density at radius 3 is 0.462 bits per heavy atom. The molecule has 0 atom stereocenters. The summed E-state index contributed by atoms with van der Waals surface area (Å²) in [5.41, 5.74) is 0. The van der Waals surface area contributed by atoms with Gasteiger partial charge in [0.1, 0.15) is 0 Å². The summed E-state index contributed by atoms with van der Waals surface area (Å²) < 4.78 is 0. The molecule has 0 fully saturated rings. The average molecular weight is 180 g/mol. The first-order valence-corrected chi connectivity index (χ1v) is 4.00. The van der Waals surface area contributed by atoms with Crippen molar-refractivity contribution in [3.05, 3.63) is 72.8 Å². The SMILES string of the molecule is [H-].[Na+].c1ccccc1.c1ccccc1. The fourth-order valence-corrected chi connectivity index (χ4v) is 0.770. The third kappa shape index (κ3) is 7.79. The molecule has 2 aromatic carbocycles. The summed E-state index contributed by atoms with van der Waals surface area (Å²) in [6, 6.07) is 24.0. The van der Waals surface area contributed by atoms with E-state index in [9.17, 15) is 0 Å². The second kappa shape index (κ2) is 9.53. The van der Waals surface area contributed by atoms with Crippen molar-refractivity contribution in [1.29, 1.82) is 0 Å². The van der Waals surface area contributed by atoms with E-state index < -0.39 is 0 Å². The molecule has 0 aliphatic rings. The van der Waals surface area contributed by atoms with E-state index in [2.05, 4.69) is 0 Å². The molecule has 0 saturated heterocycles. The Morgan fingerprint density at radius 1 is 0.308 bits per heavy atom. The molecular weight excluding hydrogens is 167 g/mol. The van der Waals surface area contributed by atoms with Crippen LogP contribution in [0.5, 0.6) is 0 Å². The van der Waals surface area contributed by atoms with Crippen molar-refractivity contribution in [2.24, 2.45) is 0 Å². The zero-order chi connectivity index (χ0) is 8.49. The first-order valence-electron chi connectivity index (χ1n) is 4.00. The van der Waals surface area contributed by atoms with Crippen LogP contribution in [0, 0.1) is 0 Å². The molecule has 0 radical (unpaired) electrons. The van der Waals surface area contributed by atoms with Crippen molar-refractivity contribution < 1.29 is 31.0 Å². The van der Waals surface area contributed by atoms with E-state index in [0.717, 1.165) is 0 Å². The van der Waals surface area contributed by atoms with Crippen molar-refractivity contribution in [2.75, 3.05) is 0 Å². The van der Waals surface area contributed by atoms with Crippen LogP contribution in [-0.2, 0) is 0 Å². The van der Waals surface area contributed by atoms with E-state index in [4.69, 9.17) is 0 Å². The Labute approximate surface area is 103 Å². The van der Waals surface area contributed by atoms with Gasteiger partial charge in [0, 0.05) is 0 Å². The van der Waals surface area contributed by atoms with Gasteiger partial charge >= 0.3 is 29.6 Å². The molecule has 13 heavy (non-hydrogen) atoms. The molecule has 0 spiro atoms. The van der Waals surface area contributed by atoms with Crippen molar-refractivity contribution in [1.82, 2.24) is 0 Å². The number of rotatable bonds is 0. The molecule has 0 aliphatic carbocycles. The van der Waals surface area contributed by atoms with E-state index in [1.165, 1.54) is 0 Å². The molecule has 0 heterocycles. The molecule has 0 unspecified atom stereocenters. The van der Waals surface area contributed by atoms with Gasteiger partial charge in [-0.2, -0.15) is 0 Å². The van der Waals surface area contributed by atoms with Gasteiger partial charge in [-0.1, -0.05) is 72.8 Å². The predicted molar refractivity (Wildman–Crippen MR) is 54.0 cm³/mol. The third-order valence-electron chi connectivity index (χ3n) is 1.33. The summed E-state index contributed by atoms with van der Waals surface area (Å²) in [7, 11) is 0. The molecule has 0 saturated carbocycles. The summed E-state index contributed by atoms with van der Waals surface area (Å²) in [5, 5.41) is 0. The zero-order valence-electron chi connectivity index (χ0n) is 8.93. The van der Waals surface area contributed by atoms with Gasteiger partial charge in [-0.05, 0) is 0 Å². The van der Waals surface area contributed by atoms with Crippen LogP contribution in [0.1, 0.15) is 1.43 Å². The minimum Gasteiger partial charge on any atom is -1.00 e. The number of benzene rings is 2. The van der Waals surface area contributed by atoms with E-state index in [-0.39, 0.29) is 31.0 Å². The molecule has 0 aromatic heterocycles. The van der Waals surface area contributed by atoms with Gasteiger partial charge in [-0.15, -0.1) is 0 Å². The van der Waals surface area contributed by atoms with Crippen LogP contribution < -0.4 is 29.6 Å². The van der Waals surface area contributed by atoms with Gasteiger partial charge < -0.3 is 1.43 Å². The van der Waals surface area contributed by atoms with Gasteiger partial charge in [-0.3, -0.25) is 0 Å². The van der Waals surface area contributed by atoms with Crippen LogP contribution in [0.4, 0.5) is 0 Å². The van der Waals surface area contributed by atoms with Gasteiger partial charge in [-0.25, -0.2) is 0 Å². The Bertz CT molecular complexity index is 186. The Balaban J connectivity index is 0. The maximum atomic E-state index is 2.00. The van der Waals surface area contributed by atoms with E-state index in [0.29, 0.717) is 0 Å². The van der Waals surface area contributed by atoms with Crippen molar-refractivity contribution >= 4 is 0 Å². The second-order valence-electron chi connectivity index (χ2n) is 2.31. The molecule has 0 amide bonds. The topological polar surface area (TPSA) is 0 Å². The zero-order valence-corrected chi connectivity index (χ0v) is 9.93. The first kappa shape index (κ1) is 12.4. The van der Waals surface area contributed by atoms with Crippen LogP contribution in [0.3, 0.4) is 0 Å². The molecule has 0 N–H and O–H groups in total. The van der Waals surface area contributed by atoms with Crippen molar-refractivity contribution in [3.63, 3.8) is 0 Å². The molecule has 0 nitrogen and oxygen atoms in total. The largest absolute Gasteiger partial charge is 1.00 e. The van der Waals surface area contributed by atoms with Gasteiger partial charge in [0.05, 0.1) is 0 Å². The predicted octanol–water partition coefficient (Wildman–Crippen LogP) is 0.490. The monoisotopic (exact) mass is 180 g/mol. The summed E-state index contributed by atoms with van der Waals surface area (Å²) in [6.45, 7) is 0. The van der Waals surface area contributed by atoms with Gasteiger partial charge in [0.25, 0.3) is 0 Å². The molecule has 0 aliphatic heterocycles. The quantitative estimate of drug-likeness (QED) is 0.518. The van der Waals surface area contributed by atoms with E-state index >= 15 is 0 Å². The van der Waals surface area contributed by atoms with Crippen LogP contribution in [0.25, 0.3) is 0 Å². The van der Waals surface area contributed by atoms with Gasteiger partial charge in [0.15, 0.2) is 0 Å². The normalized spacial score (nSPS) is 7.38. The number of hydrogen-bond acceptors (Lipinski definition) is 0. The Kier molecular flexibility index (Phi) is 9.12. The maximum Gasteiger partial charge on any atom is 1.00 e. The fourth-order valence-electron chi connectivity index (χ4n) is 0.770. The Hall–Kier alpha value is -0.560. The molecule has 2 aromatic rings. The van der Waals surface area contributed by atoms with Crippen LogP contribution >= 0.6 is 0 Å².